The minimum atomic E-state index is -1.08. The van der Waals surface area contributed by atoms with E-state index in [1.165, 1.54) is 18.3 Å². The fourth-order valence-electron chi connectivity index (χ4n) is 1.18. The van der Waals surface area contributed by atoms with E-state index in [0.717, 1.165) is 11.3 Å². The van der Waals surface area contributed by atoms with Crippen LogP contribution < -0.4 is 4.74 Å². The number of nitrogens with zero attached hydrogens (tertiary/aromatic N) is 1. The Kier molecular flexibility index (Phi) is 3.34. The number of aromatic nitrogens is 1. The normalized spacial score (nSPS) is 10.2. The van der Waals surface area contributed by atoms with Gasteiger partial charge in [0.15, 0.2) is 11.6 Å². The number of carboxylic acid groups (broad SMARTS) is 1. The first kappa shape index (κ1) is 11.5. The Labute approximate surface area is 100 Å². The minimum absolute atomic E-state index is 0.00265. The van der Waals surface area contributed by atoms with Gasteiger partial charge >= 0.3 is 5.97 Å². The van der Waals surface area contributed by atoms with Gasteiger partial charge in [-0.1, -0.05) is 12.1 Å². The van der Waals surface area contributed by atoms with Gasteiger partial charge in [0.1, 0.15) is 6.61 Å². The van der Waals surface area contributed by atoms with Gasteiger partial charge in [-0.25, -0.2) is 14.2 Å². The van der Waals surface area contributed by atoms with Crippen LogP contribution in [0, 0.1) is 5.82 Å². The second kappa shape index (κ2) is 4.92. The van der Waals surface area contributed by atoms with Gasteiger partial charge in [-0.3, -0.25) is 0 Å². The Bertz CT molecular complexity index is 541. The van der Waals surface area contributed by atoms with Crippen LogP contribution in [-0.4, -0.2) is 16.1 Å². The van der Waals surface area contributed by atoms with Crippen LogP contribution in [0.5, 0.6) is 5.75 Å². The maximum absolute atomic E-state index is 13.2. The molecule has 0 aliphatic carbocycles. The number of para-hydroxylation sites is 1. The first-order valence-corrected chi connectivity index (χ1v) is 5.54. The number of hydrogen-bond acceptors (Lipinski definition) is 4. The zero-order valence-corrected chi connectivity index (χ0v) is 9.41. The van der Waals surface area contributed by atoms with Crippen LogP contribution in [0.1, 0.15) is 14.7 Å². The van der Waals surface area contributed by atoms with Crippen molar-refractivity contribution in [2.45, 2.75) is 6.61 Å². The van der Waals surface area contributed by atoms with Gasteiger partial charge in [-0.05, 0) is 12.1 Å². The molecule has 0 atom stereocenters. The number of ether oxygens (including phenoxy) is 1. The number of carboxylic acids is 1. The van der Waals surface area contributed by atoms with Crippen LogP contribution >= 0.6 is 11.3 Å². The molecule has 0 saturated carbocycles. The van der Waals surface area contributed by atoms with E-state index in [0.29, 0.717) is 4.88 Å². The lowest BCUT2D eigenvalue weighted by Gasteiger charge is -2.04. The molecule has 0 aliphatic rings. The maximum Gasteiger partial charge on any atom is 0.365 e. The van der Waals surface area contributed by atoms with E-state index in [-0.39, 0.29) is 17.4 Å². The molecule has 0 amide bonds. The van der Waals surface area contributed by atoms with E-state index in [4.69, 9.17) is 9.84 Å². The maximum atomic E-state index is 13.2. The van der Waals surface area contributed by atoms with Crippen LogP contribution in [0.2, 0.25) is 0 Å². The molecule has 2 aromatic rings. The number of aromatic carboxylic acids is 1. The third kappa shape index (κ3) is 2.79. The highest BCUT2D eigenvalue weighted by Crippen LogP contribution is 2.19. The fraction of sp³-hybridized carbons (Fsp3) is 0.0909. The van der Waals surface area contributed by atoms with Crippen molar-refractivity contribution in [3.8, 4) is 5.75 Å². The molecule has 0 bridgehead atoms. The molecule has 0 spiro atoms. The molecule has 1 aromatic carbocycles. The molecule has 0 fully saturated rings. The first-order chi connectivity index (χ1) is 8.16. The highest BCUT2D eigenvalue weighted by Gasteiger charge is 2.09. The molecular formula is C11H8FNO3S. The molecule has 2 rings (SSSR count). The number of thiazole rings is 1. The molecule has 0 radical (unpaired) electrons. The van der Waals surface area contributed by atoms with Crippen molar-refractivity contribution in [2.75, 3.05) is 0 Å². The number of benzene rings is 1. The van der Waals surface area contributed by atoms with Crippen molar-refractivity contribution < 1.29 is 19.0 Å². The molecule has 0 aliphatic heterocycles. The van der Waals surface area contributed by atoms with Crippen molar-refractivity contribution in [3.63, 3.8) is 0 Å². The summed E-state index contributed by atoms with van der Waals surface area (Å²) in [5, 5.41) is 8.67. The summed E-state index contributed by atoms with van der Waals surface area (Å²) < 4.78 is 18.4. The smallest absolute Gasteiger partial charge is 0.365 e. The monoisotopic (exact) mass is 253 g/mol. The molecule has 1 heterocycles. The Morgan fingerprint density at radius 2 is 2.24 bits per heavy atom. The summed E-state index contributed by atoms with van der Waals surface area (Å²) >= 11 is 1.01. The van der Waals surface area contributed by atoms with Crippen LogP contribution in [0.4, 0.5) is 4.39 Å². The second-order valence-corrected chi connectivity index (χ2v) is 4.27. The van der Waals surface area contributed by atoms with Crippen molar-refractivity contribution in [1.29, 1.82) is 0 Å². The quantitative estimate of drug-likeness (QED) is 0.909. The van der Waals surface area contributed by atoms with Gasteiger partial charge in [0, 0.05) is 6.20 Å². The predicted octanol–water partition coefficient (Wildman–Crippen LogP) is 2.56. The van der Waals surface area contributed by atoms with E-state index in [2.05, 4.69) is 4.98 Å². The number of rotatable bonds is 4. The first-order valence-electron chi connectivity index (χ1n) is 4.72. The zero-order chi connectivity index (χ0) is 12.3. The third-order valence-electron chi connectivity index (χ3n) is 1.94. The van der Waals surface area contributed by atoms with E-state index < -0.39 is 11.8 Å². The van der Waals surface area contributed by atoms with Crippen LogP contribution in [0.25, 0.3) is 0 Å². The van der Waals surface area contributed by atoms with Crippen molar-refractivity contribution >= 4 is 17.3 Å². The highest BCUT2D eigenvalue weighted by atomic mass is 32.1. The van der Waals surface area contributed by atoms with E-state index in [9.17, 15) is 9.18 Å². The lowest BCUT2D eigenvalue weighted by atomic mass is 10.3. The van der Waals surface area contributed by atoms with Gasteiger partial charge in [0.25, 0.3) is 0 Å². The predicted molar refractivity (Wildman–Crippen MR) is 59.8 cm³/mol. The summed E-state index contributed by atoms with van der Waals surface area (Å²) in [4.78, 5) is 14.9. The Hall–Kier alpha value is -1.95. The number of hydrogen-bond donors (Lipinski definition) is 1. The van der Waals surface area contributed by atoms with Crippen LogP contribution in [-0.2, 0) is 6.61 Å². The Morgan fingerprint density at radius 1 is 1.47 bits per heavy atom. The topological polar surface area (TPSA) is 59.4 Å². The molecule has 6 heteroatoms. The molecule has 17 heavy (non-hydrogen) atoms. The SMILES string of the molecule is O=C(O)c1ncc(COc2ccccc2F)s1. The van der Waals surface area contributed by atoms with Gasteiger partial charge in [-0.2, -0.15) is 0 Å². The molecule has 4 nitrogen and oxygen atoms in total. The molecule has 88 valence electrons. The second-order valence-electron chi connectivity index (χ2n) is 3.16. The van der Waals surface area contributed by atoms with Crippen molar-refractivity contribution in [2.24, 2.45) is 0 Å². The zero-order valence-electron chi connectivity index (χ0n) is 8.59. The Balaban J connectivity index is 2.02. The Morgan fingerprint density at radius 3 is 2.88 bits per heavy atom. The van der Waals surface area contributed by atoms with Gasteiger partial charge < -0.3 is 9.84 Å². The summed E-state index contributed by atoms with van der Waals surface area (Å²) in [6.07, 6.45) is 1.41. The lowest BCUT2D eigenvalue weighted by Crippen LogP contribution is -1.95. The molecule has 0 unspecified atom stereocenters. The van der Waals surface area contributed by atoms with Crippen molar-refractivity contribution in [3.05, 3.63) is 46.2 Å². The minimum Gasteiger partial charge on any atom is -0.485 e. The van der Waals surface area contributed by atoms with Crippen LogP contribution in [0.15, 0.2) is 30.5 Å². The average Bonchev–Trinajstić information content (AvgIpc) is 2.77. The lowest BCUT2D eigenvalue weighted by molar-refractivity contribution is 0.0696. The van der Waals surface area contributed by atoms with Crippen molar-refractivity contribution in [1.82, 2.24) is 4.98 Å². The van der Waals surface area contributed by atoms with E-state index >= 15 is 0 Å². The van der Waals surface area contributed by atoms with Gasteiger partial charge in [0.05, 0.1) is 4.88 Å². The third-order valence-corrected chi connectivity index (χ3v) is 2.90. The molecule has 1 N–H and O–H groups in total. The number of carbonyl (C=O) groups is 1. The largest absolute Gasteiger partial charge is 0.485 e. The molecule has 0 saturated heterocycles. The molecule has 1 aromatic heterocycles. The molecular weight excluding hydrogens is 245 g/mol. The summed E-state index contributed by atoms with van der Waals surface area (Å²) in [5.74, 6) is -1.39. The summed E-state index contributed by atoms with van der Waals surface area (Å²) in [6.45, 7) is 0.103. The fourth-order valence-corrected chi connectivity index (χ4v) is 1.85. The standard InChI is InChI=1S/C11H8FNO3S/c12-8-3-1-2-4-9(8)16-6-7-5-13-10(17-7)11(14)15/h1-5H,6H2,(H,14,15). The highest BCUT2D eigenvalue weighted by molar-refractivity contribution is 7.13. The summed E-state index contributed by atoms with van der Waals surface area (Å²) in [6, 6.07) is 6.03. The number of halogens is 1. The average molecular weight is 253 g/mol. The van der Waals surface area contributed by atoms with E-state index in [1.54, 1.807) is 12.1 Å². The summed E-state index contributed by atoms with van der Waals surface area (Å²) in [7, 11) is 0. The van der Waals surface area contributed by atoms with Gasteiger partial charge in [-0.15, -0.1) is 11.3 Å². The van der Waals surface area contributed by atoms with E-state index in [1.807, 2.05) is 0 Å². The van der Waals surface area contributed by atoms with Crippen LogP contribution in [0.3, 0.4) is 0 Å². The van der Waals surface area contributed by atoms with Gasteiger partial charge in [0.2, 0.25) is 5.01 Å². The summed E-state index contributed by atoms with van der Waals surface area (Å²) in [5.41, 5.74) is 0.